The lowest BCUT2D eigenvalue weighted by Gasteiger charge is -2.32. The number of hydrogen-bond donors (Lipinski definition) is 0. The molecule has 3 aromatic rings. The Labute approximate surface area is 215 Å². The average Bonchev–Trinajstić information content (AvgIpc) is 3.21. The lowest BCUT2D eigenvalue weighted by Crippen LogP contribution is -2.54. The van der Waals surface area contributed by atoms with Crippen LogP contribution in [0.2, 0.25) is 0 Å². The summed E-state index contributed by atoms with van der Waals surface area (Å²) < 4.78 is 23.6. The molecule has 0 aliphatic carbocycles. The first-order chi connectivity index (χ1) is 18.0. The van der Waals surface area contributed by atoms with E-state index >= 15 is 0 Å². The number of esters is 3. The van der Waals surface area contributed by atoms with E-state index < -0.39 is 42.0 Å². The first kappa shape index (κ1) is 25.7. The van der Waals surface area contributed by atoms with Crippen molar-refractivity contribution in [2.24, 2.45) is 0 Å². The zero-order valence-electron chi connectivity index (χ0n) is 20.5. The van der Waals surface area contributed by atoms with Crippen molar-refractivity contribution in [2.75, 3.05) is 0 Å². The zero-order valence-corrected chi connectivity index (χ0v) is 20.5. The fourth-order valence-corrected chi connectivity index (χ4v) is 4.07. The van der Waals surface area contributed by atoms with Gasteiger partial charge in [0.25, 0.3) is 11.9 Å². The Bertz CT molecular complexity index is 1300. The van der Waals surface area contributed by atoms with Gasteiger partial charge in [0.05, 0.1) is 16.7 Å². The van der Waals surface area contributed by atoms with Crippen LogP contribution in [0.15, 0.2) is 91.0 Å². The molecule has 4 rings (SSSR count). The summed E-state index contributed by atoms with van der Waals surface area (Å²) in [5.74, 6) is 3.53. The highest BCUT2D eigenvalue weighted by Crippen LogP contribution is 2.40. The lowest BCUT2D eigenvalue weighted by atomic mass is 9.93. The SMILES string of the molecule is CC#C[C@]1(OC(=O)c2ccccc2)[C@@H](OC(=O)c2ccccc2)O[C@H](CC)[C@H]1OC(=O)c1ccccc1. The molecule has 37 heavy (non-hydrogen) atoms. The molecule has 188 valence electrons. The van der Waals surface area contributed by atoms with Crippen LogP contribution in [0.3, 0.4) is 0 Å². The van der Waals surface area contributed by atoms with Crippen molar-refractivity contribution in [2.45, 2.75) is 44.4 Å². The molecule has 7 nitrogen and oxygen atoms in total. The van der Waals surface area contributed by atoms with Crippen LogP contribution in [0.4, 0.5) is 0 Å². The van der Waals surface area contributed by atoms with E-state index in [-0.39, 0.29) is 11.1 Å². The maximum absolute atomic E-state index is 13.3. The molecule has 1 heterocycles. The normalized spacial score (nSPS) is 22.3. The van der Waals surface area contributed by atoms with Crippen LogP contribution in [-0.2, 0) is 18.9 Å². The van der Waals surface area contributed by atoms with Crippen molar-refractivity contribution in [3.63, 3.8) is 0 Å². The van der Waals surface area contributed by atoms with Crippen molar-refractivity contribution >= 4 is 17.9 Å². The van der Waals surface area contributed by atoms with Crippen molar-refractivity contribution in [1.82, 2.24) is 0 Å². The zero-order chi connectivity index (χ0) is 26.3. The standard InChI is InChI=1S/C30H26O7/c1-3-20-30(37-28(33)23-18-12-7-13-19-23)25(35-26(31)21-14-8-5-9-15-21)24(4-2)34-29(30)36-27(32)22-16-10-6-11-17-22/h5-19,24-25,29H,4H2,1-2H3/t24-,25-,29-,30-/m1/s1. The third-order valence-corrected chi connectivity index (χ3v) is 5.87. The van der Waals surface area contributed by atoms with E-state index in [2.05, 4.69) is 11.8 Å². The van der Waals surface area contributed by atoms with Gasteiger partial charge >= 0.3 is 17.9 Å². The minimum absolute atomic E-state index is 0.251. The number of ether oxygens (including phenoxy) is 4. The summed E-state index contributed by atoms with van der Waals surface area (Å²) in [6.07, 6.45) is -3.05. The molecule has 1 saturated heterocycles. The summed E-state index contributed by atoms with van der Waals surface area (Å²) in [5, 5.41) is 0. The Balaban J connectivity index is 1.75. The van der Waals surface area contributed by atoms with Crippen molar-refractivity contribution in [3.05, 3.63) is 108 Å². The van der Waals surface area contributed by atoms with Crippen LogP contribution < -0.4 is 0 Å². The van der Waals surface area contributed by atoms with Crippen molar-refractivity contribution in [3.8, 4) is 11.8 Å². The van der Waals surface area contributed by atoms with Gasteiger partial charge in [0.1, 0.15) is 6.10 Å². The number of carbonyl (C=O) groups is 3. The molecule has 1 aliphatic rings. The smallest absolute Gasteiger partial charge is 0.340 e. The Morgan fingerprint density at radius 3 is 1.68 bits per heavy atom. The van der Waals surface area contributed by atoms with Gasteiger partial charge in [-0.25, -0.2) is 14.4 Å². The monoisotopic (exact) mass is 498 g/mol. The molecule has 0 radical (unpaired) electrons. The fourth-order valence-electron chi connectivity index (χ4n) is 4.07. The second-order valence-corrected chi connectivity index (χ2v) is 8.30. The molecule has 0 aromatic heterocycles. The highest BCUT2D eigenvalue weighted by molar-refractivity contribution is 5.91. The first-order valence-electron chi connectivity index (χ1n) is 11.9. The maximum atomic E-state index is 13.3. The highest BCUT2D eigenvalue weighted by atomic mass is 16.8. The van der Waals surface area contributed by atoms with Crippen LogP contribution in [-0.4, -0.2) is 42.0 Å². The van der Waals surface area contributed by atoms with Gasteiger partial charge in [-0.3, -0.25) is 0 Å². The number of benzene rings is 3. The Morgan fingerprint density at radius 2 is 1.22 bits per heavy atom. The van der Waals surface area contributed by atoms with Gasteiger partial charge in [-0.15, -0.1) is 5.92 Å². The third-order valence-electron chi connectivity index (χ3n) is 5.87. The summed E-state index contributed by atoms with van der Waals surface area (Å²) in [4.78, 5) is 39.3. The van der Waals surface area contributed by atoms with Crippen LogP contribution in [0, 0.1) is 11.8 Å². The summed E-state index contributed by atoms with van der Waals surface area (Å²) >= 11 is 0. The molecule has 7 heteroatoms. The predicted octanol–water partition coefficient (Wildman–Crippen LogP) is 4.82. The molecule has 1 aliphatic heterocycles. The second kappa shape index (κ2) is 11.5. The Kier molecular flexibility index (Phi) is 8.02. The van der Waals surface area contributed by atoms with Crippen LogP contribution >= 0.6 is 0 Å². The maximum Gasteiger partial charge on any atom is 0.340 e. The van der Waals surface area contributed by atoms with Crippen molar-refractivity contribution in [1.29, 1.82) is 0 Å². The molecule has 0 N–H and O–H groups in total. The fraction of sp³-hybridized carbons (Fsp3) is 0.233. The van der Waals surface area contributed by atoms with Crippen molar-refractivity contribution < 1.29 is 33.3 Å². The van der Waals surface area contributed by atoms with Gasteiger partial charge in [-0.05, 0) is 55.7 Å². The van der Waals surface area contributed by atoms with Crippen LogP contribution in [0.25, 0.3) is 0 Å². The van der Waals surface area contributed by atoms with Gasteiger partial charge in [0.2, 0.25) is 0 Å². The van der Waals surface area contributed by atoms with Gasteiger partial charge in [-0.1, -0.05) is 61.5 Å². The summed E-state index contributed by atoms with van der Waals surface area (Å²) in [5.41, 5.74) is -1.09. The van der Waals surface area contributed by atoms with E-state index in [1.807, 2.05) is 6.92 Å². The summed E-state index contributed by atoms with van der Waals surface area (Å²) in [6, 6.07) is 25.0. The van der Waals surface area contributed by atoms with Gasteiger partial charge < -0.3 is 18.9 Å². The van der Waals surface area contributed by atoms with E-state index in [9.17, 15) is 14.4 Å². The molecular weight excluding hydrogens is 472 g/mol. The molecule has 3 aromatic carbocycles. The molecule has 0 unspecified atom stereocenters. The van der Waals surface area contributed by atoms with E-state index in [1.54, 1.807) is 97.9 Å². The molecule has 0 saturated carbocycles. The van der Waals surface area contributed by atoms with Gasteiger partial charge in [0, 0.05) is 0 Å². The van der Waals surface area contributed by atoms with Gasteiger partial charge in [0.15, 0.2) is 6.10 Å². The predicted molar refractivity (Wildman–Crippen MR) is 134 cm³/mol. The van der Waals surface area contributed by atoms with E-state index in [0.29, 0.717) is 12.0 Å². The molecular formula is C30H26O7. The average molecular weight is 499 g/mol. The number of carbonyl (C=O) groups excluding carboxylic acids is 3. The van der Waals surface area contributed by atoms with E-state index in [1.165, 1.54) is 0 Å². The van der Waals surface area contributed by atoms with Gasteiger partial charge in [-0.2, -0.15) is 0 Å². The molecule has 0 amide bonds. The molecule has 1 fully saturated rings. The van der Waals surface area contributed by atoms with Crippen LogP contribution in [0.1, 0.15) is 51.3 Å². The largest absolute Gasteiger partial charge is 0.450 e. The number of rotatable bonds is 7. The quantitative estimate of drug-likeness (QED) is 0.262. The lowest BCUT2D eigenvalue weighted by molar-refractivity contribution is -0.158. The van der Waals surface area contributed by atoms with Crippen LogP contribution in [0.5, 0.6) is 0 Å². The Hall–Kier alpha value is -4.41. The highest BCUT2D eigenvalue weighted by Gasteiger charge is 2.63. The molecule has 0 bridgehead atoms. The number of hydrogen-bond acceptors (Lipinski definition) is 7. The third kappa shape index (κ3) is 5.55. The minimum atomic E-state index is -1.92. The minimum Gasteiger partial charge on any atom is -0.450 e. The van der Waals surface area contributed by atoms with E-state index in [0.717, 1.165) is 0 Å². The summed E-state index contributed by atoms with van der Waals surface area (Å²) in [6.45, 7) is 3.36. The first-order valence-corrected chi connectivity index (χ1v) is 11.9. The Morgan fingerprint density at radius 1 is 0.757 bits per heavy atom. The second-order valence-electron chi connectivity index (χ2n) is 8.30. The topological polar surface area (TPSA) is 88.1 Å². The molecule has 4 atom stereocenters. The van der Waals surface area contributed by atoms with E-state index in [4.69, 9.17) is 18.9 Å². The summed E-state index contributed by atoms with van der Waals surface area (Å²) in [7, 11) is 0. The molecule has 0 spiro atoms.